The third-order valence-corrected chi connectivity index (χ3v) is 12.1. The minimum absolute atomic E-state index is 0.271. The summed E-state index contributed by atoms with van der Waals surface area (Å²) in [5.41, 5.74) is 9.78. The molecule has 5 aromatic carbocycles. The van der Waals surface area contributed by atoms with Gasteiger partial charge in [-0.2, -0.15) is 5.26 Å². The summed E-state index contributed by atoms with van der Waals surface area (Å²) < 4.78 is 0. The van der Waals surface area contributed by atoms with Gasteiger partial charge in [0, 0.05) is 22.1 Å². The molecule has 2 unspecified atom stereocenters. The first-order valence-corrected chi connectivity index (χ1v) is 18.3. The fourth-order valence-corrected chi connectivity index (χ4v) is 10.3. The summed E-state index contributed by atoms with van der Waals surface area (Å²) in [6.45, 7) is 9.44. The molecule has 0 amide bonds. The second-order valence-corrected chi connectivity index (χ2v) is 16.1. The van der Waals surface area contributed by atoms with E-state index < -0.39 is 0 Å². The van der Waals surface area contributed by atoms with Gasteiger partial charge in [0.25, 0.3) is 0 Å². The van der Waals surface area contributed by atoms with Gasteiger partial charge in [0.1, 0.15) is 0 Å². The van der Waals surface area contributed by atoms with E-state index in [2.05, 4.69) is 125 Å². The molecular formula is C46H42N4. The predicted octanol–water partition coefficient (Wildman–Crippen LogP) is 11.3. The molecule has 50 heavy (non-hydrogen) atoms. The summed E-state index contributed by atoms with van der Waals surface area (Å²) in [7, 11) is 0. The highest BCUT2D eigenvalue weighted by atomic mass is 15.0. The van der Waals surface area contributed by atoms with E-state index in [0.29, 0.717) is 23.0 Å². The second-order valence-electron chi connectivity index (χ2n) is 16.1. The molecule has 2 fully saturated rings. The molecule has 4 nitrogen and oxygen atoms in total. The quantitative estimate of drug-likeness (QED) is 0.190. The zero-order chi connectivity index (χ0) is 34.2. The van der Waals surface area contributed by atoms with E-state index in [1.54, 1.807) is 0 Å². The van der Waals surface area contributed by atoms with Gasteiger partial charge in [-0.15, -0.1) is 0 Å². The maximum Gasteiger partial charge on any atom is 0.164 e. The Morgan fingerprint density at radius 2 is 1.28 bits per heavy atom. The van der Waals surface area contributed by atoms with Gasteiger partial charge in [-0.3, -0.25) is 0 Å². The highest BCUT2D eigenvalue weighted by Gasteiger charge is 2.45. The minimum atomic E-state index is -0.297. The van der Waals surface area contributed by atoms with Crippen molar-refractivity contribution in [2.45, 2.75) is 70.6 Å². The van der Waals surface area contributed by atoms with Crippen LogP contribution in [0.1, 0.15) is 82.1 Å². The summed E-state index contributed by atoms with van der Waals surface area (Å²) in [5.74, 6) is 4.41. The average molecular weight is 651 g/mol. The van der Waals surface area contributed by atoms with E-state index >= 15 is 0 Å². The number of benzene rings is 5. The van der Waals surface area contributed by atoms with Crippen LogP contribution in [-0.2, 0) is 10.8 Å². The van der Waals surface area contributed by atoms with Crippen LogP contribution in [0.2, 0.25) is 0 Å². The standard InChI is InChI=1S/C46H42N4/c1-28-21-31-22-29(2)25-46(24-28,26-31)34-18-16-33(17-19-34)42-48-43(37-13-7-10-32-9-5-6-11-35(32)37)50-44(49-42)38-14-8-12-36-39-23-30(27-47)15-20-40(39)45(3,4)41(36)38/h5-20,23,28-29,31H,21-22,24-26H2,1-4H3/t28-,29+,31?,46?. The van der Waals surface area contributed by atoms with Crippen LogP contribution < -0.4 is 0 Å². The Kier molecular flexibility index (Phi) is 7.08. The van der Waals surface area contributed by atoms with Gasteiger partial charge in [-0.25, -0.2) is 15.0 Å². The number of hydrogen-bond acceptors (Lipinski definition) is 4. The molecule has 6 aromatic rings. The molecule has 0 radical (unpaired) electrons. The van der Waals surface area contributed by atoms with Gasteiger partial charge in [0.2, 0.25) is 0 Å². The Hall–Kier alpha value is -5.14. The number of rotatable bonds is 4. The monoisotopic (exact) mass is 650 g/mol. The molecule has 1 heterocycles. The van der Waals surface area contributed by atoms with Crippen molar-refractivity contribution in [3.63, 3.8) is 0 Å². The molecule has 3 aliphatic carbocycles. The third-order valence-electron chi connectivity index (χ3n) is 12.1. The van der Waals surface area contributed by atoms with Crippen LogP contribution in [0.15, 0.2) is 103 Å². The molecule has 0 saturated heterocycles. The second kappa shape index (κ2) is 11.5. The summed E-state index contributed by atoms with van der Waals surface area (Å²) >= 11 is 0. The van der Waals surface area contributed by atoms with E-state index in [0.717, 1.165) is 56.3 Å². The zero-order valence-corrected chi connectivity index (χ0v) is 29.4. The summed E-state index contributed by atoms with van der Waals surface area (Å²) in [6, 6.07) is 38.9. The number of nitrogens with zero attached hydrogens (tertiary/aromatic N) is 4. The lowest BCUT2D eigenvalue weighted by molar-refractivity contribution is 0.0780. The summed E-state index contributed by atoms with van der Waals surface area (Å²) in [5, 5.41) is 12.0. The van der Waals surface area contributed by atoms with Crippen molar-refractivity contribution >= 4 is 10.8 Å². The lowest BCUT2D eigenvalue weighted by Gasteiger charge is -2.50. The van der Waals surface area contributed by atoms with Crippen LogP contribution in [0.4, 0.5) is 0 Å². The van der Waals surface area contributed by atoms with Crippen molar-refractivity contribution < 1.29 is 0 Å². The van der Waals surface area contributed by atoms with Crippen molar-refractivity contribution in [1.29, 1.82) is 5.26 Å². The van der Waals surface area contributed by atoms with Crippen molar-refractivity contribution in [2.24, 2.45) is 17.8 Å². The molecule has 0 aliphatic heterocycles. The van der Waals surface area contributed by atoms with Crippen LogP contribution in [0, 0.1) is 29.1 Å². The van der Waals surface area contributed by atoms with Crippen LogP contribution in [0.25, 0.3) is 56.1 Å². The molecule has 2 saturated carbocycles. The lowest BCUT2D eigenvalue weighted by Crippen LogP contribution is -2.42. The van der Waals surface area contributed by atoms with E-state index in [1.165, 1.54) is 48.8 Å². The van der Waals surface area contributed by atoms with E-state index in [1.807, 2.05) is 12.1 Å². The Balaban J connectivity index is 1.21. The molecule has 1 aromatic heterocycles. The fraction of sp³-hybridized carbons (Fsp3) is 0.304. The topological polar surface area (TPSA) is 62.5 Å². The van der Waals surface area contributed by atoms with Crippen LogP contribution in [-0.4, -0.2) is 15.0 Å². The Bertz CT molecular complexity index is 2320. The van der Waals surface area contributed by atoms with Gasteiger partial charge in [-0.05, 0) is 106 Å². The summed E-state index contributed by atoms with van der Waals surface area (Å²) in [4.78, 5) is 15.7. The first kappa shape index (κ1) is 30.9. The zero-order valence-electron chi connectivity index (χ0n) is 29.4. The van der Waals surface area contributed by atoms with Gasteiger partial charge in [0.05, 0.1) is 11.6 Å². The van der Waals surface area contributed by atoms with Gasteiger partial charge < -0.3 is 0 Å². The first-order chi connectivity index (χ1) is 24.2. The van der Waals surface area contributed by atoms with Crippen molar-refractivity contribution in [2.75, 3.05) is 0 Å². The number of hydrogen-bond donors (Lipinski definition) is 0. The van der Waals surface area contributed by atoms with E-state index in [9.17, 15) is 5.26 Å². The van der Waals surface area contributed by atoms with Gasteiger partial charge in [-0.1, -0.05) is 119 Å². The Labute approximate surface area is 295 Å². The molecule has 2 bridgehead atoms. The molecular weight excluding hydrogens is 609 g/mol. The normalized spacial score (nSPS) is 23.2. The fourth-order valence-electron chi connectivity index (χ4n) is 10.3. The maximum absolute atomic E-state index is 9.71. The van der Waals surface area contributed by atoms with Crippen LogP contribution in [0.3, 0.4) is 0 Å². The Morgan fingerprint density at radius 3 is 2.04 bits per heavy atom. The molecule has 246 valence electrons. The molecule has 4 heteroatoms. The number of fused-ring (bicyclic) bond motifs is 6. The smallest absolute Gasteiger partial charge is 0.164 e. The number of nitriles is 1. The van der Waals surface area contributed by atoms with Gasteiger partial charge >= 0.3 is 0 Å². The predicted molar refractivity (Wildman–Crippen MR) is 203 cm³/mol. The molecule has 3 aliphatic rings. The van der Waals surface area contributed by atoms with Crippen molar-refractivity contribution in [1.82, 2.24) is 15.0 Å². The Morgan fingerprint density at radius 1 is 0.640 bits per heavy atom. The molecule has 9 rings (SSSR count). The van der Waals surface area contributed by atoms with Crippen LogP contribution in [0.5, 0.6) is 0 Å². The van der Waals surface area contributed by atoms with Gasteiger partial charge in [0.15, 0.2) is 17.5 Å². The maximum atomic E-state index is 9.71. The largest absolute Gasteiger partial charge is 0.208 e. The summed E-state index contributed by atoms with van der Waals surface area (Å²) in [6.07, 6.45) is 6.62. The molecule has 4 atom stereocenters. The molecule has 0 N–H and O–H groups in total. The lowest BCUT2D eigenvalue weighted by atomic mass is 9.54. The van der Waals surface area contributed by atoms with Crippen molar-refractivity contribution in [3.05, 3.63) is 125 Å². The minimum Gasteiger partial charge on any atom is -0.208 e. The average Bonchev–Trinajstić information content (AvgIpc) is 3.36. The van der Waals surface area contributed by atoms with E-state index in [-0.39, 0.29) is 10.8 Å². The van der Waals surface area contributed by atoms with E-state index in [4.69, 9.17) is 15.0 Å². The highest BCUT2D eigenvalue weighted by molar-refractivity contribution is 5.95. The SMILES string of the molecule is C[C@@H]1CC2C[C@H](C)CC(c3ccc(-c4nc(-c5cccc6c5C(C)(C)c5ccc(C#N)cc5-6)nc(-c5cccc6ccccc56)n4)cc3)(C2)C1. The van der Waals surface area contributed by atoms with Crippen molar-refractivity contribution in [3.8, 4) is 51.4 Å². The van der Waals surface area contributed by atoms with Crippen LogP contribution >= 0.6 is 0 Å². The number of aromatic nitrogens is 3. The highest BCUT2D eigenvalue weighted by Crippen LogP contribution is 2.55. The first-order valence-electron chi connectivity index (χ1n) is 18.3. The third kappa shape index (κ3) is 4.90. The molecule has 0 spiro atoms.